The maximum absolute atomic E-state index is 13.1. The minimum atomic E-state index is -0.195. The molecule has 4 rings (SSSR count). The van der Waals surface area contributed by atoms with Crippen LogP contribution in [-0.2, 0) is 17.7 Å². The van der Waals surface area contributed by atoms with E-state index >= 15 is 0 Å². The lowest BCUT2D eigenvalue weighted by Crippen LogP contribution is -2.37. The molecule has 0 radical (unpaired) electrons. The Labute approximate surface area is 174 Å². The van der Waals surface area contributed by atoms with Crippen LogP contribution in [0, 0.1) is 0 Å². The number of ketones is 1. The fourth-order valence-electron chi connectivity index (χ4n) is 3.53. The van der Waals surface area contributed by atoms with Gasteiger partial charge in [-0.05, 0) is 17.7 Å². The van der Waals surface area contributed by atoms with Crippen molar-refractivity contribution in [3.05, 3.63) is 65.7 Å². The average molecular weight is 404 g/mol. The van der Waals surface area contributed by atoms with E-state index in [-0.39, 0.29) is 23.7 Å². The molecule has 154 valence electrons. The predicted molar refractivity (Wildman–Crippen MR) is 115 cm³/mol. The van der Waals surface area contributed by atoms with Gasteiger partial charge in [-0.2, -0.15) is 0 Å². The molecule has 8 nitrogen and oxygen atoms in total. The van der Waals surface area contributed by atoms with Gasteiger partial charge in [0.05, 0.1) is 25.1 Å². The Morgan fingerprint density at radius 1 is 1.17 bits per heavy atom. The van der Waals surface area contributed by atoms with Crippen molar-refractivity contribution in [3.63, 3.8) is 0 Å². The number of carbonyl (C=O) groups is 1. The highest BCUT2D eigenvalue weighted by molar-refractivity contribution is 6.00. The zero-order valence-corrected chi connectivity index (χ0v) is 16.6. The van der Waals surface area contributed by atoms with Crippen LogP contribution < -0.4 is 16.4 Å². The number of morpholine rings is 1. The molecule has 1 saturated heterocycles. The van der Waals surface area contributed by atoms with Gasteiger partial charge in [-0.1, -0.05) is 18.2 Å². The fourth-order valence-corrected chi connectivity index (χ4v) is 3.53. The van der Waals surface area contributed by atoms with Crippen molar-refractivity contribution in [2.75, 3.05) is 36.9 Å². The molecule has 1 aliphatic rings. The SMILES string of the molecule is NCc1cccc(-c2cnc(N)c(C(=O)Cc3cnccc3N3CCOCC3)n2)c1. The summed E-state index contributed by atoms with van der Waals surface area (Å²) in [5.74, 6) is -0.0742. The summed E-state index contributed by atoms with van der Waals surface area (Å²) in [6.45, 7) is 3.31. The van der Waals surface area contributed by atoms with Crippen molar-refractivity contribution >= 4 is 17.3 Å². The molecule has 30 heavy (non-hydrogen) atoms. The molecule has 0 saturated carbocycles. The van der Waals surface area contributed by atoms with Crippen molar-refractivity contribution < 1.29 is 9.53 Å². The summed E-state index contributed by atoms with van der Waals surface area (Å²) in [4.78, 5) is 28.2. The van der Waals surface area contributed by atoms with Gasteiger partial charge < -0.3 is 21.1 Å². The van der Waals surface area contributed by atoms with Crippen molar-refractivity contribution in [2.24, 2.45) is 5.73 Å². The first kappa shape index (κ1) is 19.9. The average Bonchev–Trinajstić information content (AvgIpc) is 2.80. The molecule has 0 amide bonds. The maximum Gasteiger partial charge on any atom is 0.189 e. The molecule has 0 spiro atoms. The van der Waals surface area contributed by atoms with Crippen LogP contribution in [0.25, 0.3) is 11.3 Å². The molecule has 3 heterocycles. The maximum atomic E-state index is 13.1. The molecule has 0 unspecified atom stereocenters. The van der Waals surface area contributed by atoms with E-state index in [1.165, 1.54) is 0 Å². The molecule has 3 aromatic rings. The Morgan fingerprint density at radius 2 is 2.00 bits per heavy atom. The minimum absolute atomic E-state index is 0.121. The van der Waals surface area contributed by atoms with Gasteiger partial charge in [-0.3, -0.25) is 9.78 Å². The number of hydrogen-bond donors (Lipinski definition) is 2. The third-order valence-electron chi connectivity index (χ3n) is 5.10. The van der Waals surface area contributed by atoms with E-state index < -0.39 is 0 Å². The van der Waals surface area contributed by atoms with Crippen molar-refractivity contribution in [3.8, 4) is 11.3 Å². The van der Waals surface area contributed by atoms with Crippen LogP contribution >= 0.6 is 0 Å². The van der Waals surface area contributed by atoms with E-state index in [4.69, 9.17) is 16.2 Å². The fraction of sp³-hybridized carbons (Fsp3) is 0.273. The molecule has 2 aromatic heterocycles. The minimum Gasteiger partial charge on any atom is -0.382 e. The van der Waals surface area contributed by atoms with E-state index in [1.807, 2.05) is 30.3 Å². The number of benzene rings is 1. The van der Waals surface area contributed by atoms with Crippen LogP contribution in [0.2, 0.25) is 0 Å². The quantitative estimate of drug-likeness (QED) is 0.597. The van der Waals surface area contributed by atoms with Gasteiger partial charge >= 0.3 is 0 Å². The lowest BCUT2D eigenvalue weighted by molar-refractivity contribution is 0.0988. The zero-order chi connectivity index (χ0) is 20.9. The van der Waals surface area contributed by atoms with Crippen LogP contribution in [0.5, 0.6) is 0 Å². The summed E-state index contributed by atoms with van der Waals surface area (Å²) in [7, 11) is 0. The first-order valence-corrected chi connectivity index (χ1v) is 9.86. The highest BCUT2D eigenvalue weighted by atomic mass is 16.5. The zero-order valence-electron chi connectivity index (χ0n) is 16.6. The van der Waals surface area contributed by atoms with Crippen LogP contribution in [0.15, 0.2) is 48.9 Å². The Kier molecular flexibility index (Phi) is 5.97. The van der Waals surface area contributed by atoms with E-state index in [9.17, 15) is 4.79 Å². The molecular weight excluding hydrogens is 380 g/mol. The molecule has 0 bridgehead atoms. The summed E-state index contributed by atoms with van der Waals surface area (Å²) in [5, 5.41) is 0. The molecule has 1 fully saturated rings. The van der Waals surface area contributed by atoms with E-state index in [0.717, 1.165) is 35.5 Å². The number of Topliss-reactive ketones (excluding diaryl/α,β-unsaturated/α-hetero) is 1. The summed E-state index contributed by atoms with van der Waals surface area (Å²) >= 11 is 0. The van der Waals surface area contributed by atoms with E-state index in [0.29, 0.717) is 25.5 Å². The van der Waals surface area contributed by atoms with Crippen LogP contribution in [0.3, 0.4) is 0 Å². The van der Waals surface area contributed by atoms with E-state index in [1.54, 1.807) is 18.6 Å². The number of aromatic nitrogens is 3. The summed E-state index contributed by atoms with van der Waals surface area (Å²) < 4.78 is 5.43. The number of ether oxygens (including phenoxy) is 1. The second-order valence-electron chi connectivity index (χ2n) is 7.10. The third-order valence-corrected chi connectivity index (χ3v) is 5.10. The molecule has 1 aromatic carbocycles. The van der Waals surface area contributed by atoms with Crippen LogP contribution in [0.4, 0.5) is 11.5 Å². The molecule has 1 aliphatic heterocycles. The van der Waals surface area contributed by atoms with Gasteiger partial charge in [0, 0.05) is 55.3 Å². The standard InChI is InChI=1S/C22H24N6O2/c23-12-15-2-1-3-16(10-15)18-14-26-22(24)21(27-18)20(29)11-17-13-25-5-4-19(17)28-6-8-30-9-7-28/h1-5,10,13-14H,6-9,11-12,23H2,(H2,24,26). The Hall–Kier alpha value is -3.36. The van der Waals surface area contributed by atoms with E-state index in [2.05, 4.69) is 19.9 Å². The van der Waals surface area contributed by atoms with Crippen molar-refractivity contribution in [1.82, 2.24) is 15.0 Å². The number of rotatable bonds is 6. The second-order valence-corrected chi connectivity index (χ2v) is 7.10. The predicted octanol–water partition coefficient (Wildman–Crippen LogP) is 1.84. The summed E-state index contributed by atoms with van der Waals surface area (Å²) in [6, 6.07) is 9.62. The number of anilines is 2. The number of nitrogens with zero attached hydrogens (tertiary/aromatic N) is 4. The lowest BCUT2D eigenvalue weighted by atomic mass is 10.0. The largest absolute Gasteiger partial charge is 0.382 e. The topological polar surface area (TPSA) is 120 Å². The van der Waals surface area contributed by atoms with Gasteiger partial charge in [0.2, 0.25) is 0 Å². The Balaban J connectivity index is 1.61. The molecule has 0 atom stereocenters. The molecular formula is C22H24N6O2. The Bertz CT molecular complexity index is 1050. The molecule has 0 aliphatic carbocycles. The monoisotopic (exact) mass is 404 g/mol. The molecule has 4 N–H and O–H groups in total. The molecule has 8 heteroatoms. The summed E-state index contributed by atoms with van der Waals surface area (Å²) in [6.07, 6.45) is 5.18. The number of carbonyl (C=O) groups excluding carboxylic acids is 1. The van der Waals surface area contributed by atoms with Gasteiger partial charge in [0.1, 0.15) is 5.69 Å². The number of pyridine rings is 1. The van der Waals surface area contributed by atoms with Gasteiger partial charge in [-0.25, -0.2) is 9.97 Å². The first-order chi connectivity index (χ1) is 14.7. The van der Waals surface area contributed by atoms with Gasteiger partial charge in [0.15, 0.2) is 11.6 Å². The van der Waals surface area contributed by atoms with Gasteiger partial charge in [-0.15, -0.1) is 0 Å². The van der Waals surface area contributed by atoms with Crippen molar-refractivity contribution in [1.29, 1.82) is 0 Å². The summed E-state index contributed by atoms with van der Waals surface area (Å²) in [5.41, 5.74) is 16.1. The van der Waals surface area contributed by atoms with Crippen molar-refractivity contribution in [2.45, 2.75) is 13.0 Å². The smallest absolute Gasteiger partial charge is 0.189 e. The lowest BCUT2D eigenvalue weighted by Gasteiger charge is -2.30. The number of nitrogens with two attached hydrogens (primary N) is 2. The second kappa shape index (κ2) is 8.98. The van der Waals surface area contributed by atoms with Crippen LogP contribution in [-0.4, -0.2) is 47.0 Å². The Morgan fingerprint density at radius 3 is 2.80 bits per heavy atom. The number of hydrogen-bond acceptors (Lipinski definition) is 8. The first-order valence-electron chi connectivity index (χ1n) is 9.86. The van der Waals surface area contributed by atoms with Crippen LogP contribution in [0.1, 0.15) is 21.6 Å². The third kappa shape index (κ3) is 4.29. The highest BCUT2D eigenvalue weighted by Gasteiger charge is 2.20. The van der Waals surface area contributed by atoms with Gasteiger partial charge in [0.25, 0.3) is 0 Å². The highest BCUT2D eigenvalue weighted by Crippen LogP contribution is 2.24. The number of nitrogen functional groups attached to an aromatic ring is 1. The normalized spacial score (nSPS) is 14.0.